The Morgan fingerprint density at radius 3 is 1.89 bits per heavy atom. The molecule has 0 fully saturated rings. The maximum atomic E-state index is 8.55. The molecular weight excluding hydrogens is 172 g/mol. The Balaban J connectivity index is 0. The zero-order chi connectivity index (χ0) is 6.57. The van der Waals surface area contributed by atoms with E-state index in [1.54, 1.807) is 6.92 Å². The molecule has 0 bridgehead atoms. The molecule has 0 amide bonds. The van der Waals surface area contributed by atoms with Crippen molar-refractivity contribution in [3.8, 4) is 0 Å². The molecule has 2 unspecified atom stereocenters. The Labute approximate surface area is 65.8 Å². The maximum Gasteiger partial charge on any atom is 0.157 e. The first-order valence-corrected chi connectivity index (χ1v) is 2.53. The molecule has 61 valence electrons. The molecule has 9 heavy (non-hydrogen) atoms. The van der Waals surface area contributed by atoms with Crippen LogP contribution in [0.5, 0.6) is 0 Å². The molecule has 0 aliphatic rings. The second-order valence-corrected chi connectivity index (χ2v) is 1.54. The van der Waals surface area contributed by atoms with Gasteiger partial charge in [0.15, 0.2) is 12.6 Å². The monoisotopic (exact) mass is 183 g/mol. The van der Waals surface area contributed by atoms with Crippen molar-refractivity contribution < 1.29 is 31.6 Å². The van der Waals surface area contributed by atoms with E-state index in [2.05, 4.69) is 4.74 Å². The molecule has 0 aromatic rings. The van der Waals surface area contributed by atoms with E-state index < -0.39 is 6.29 Å². The van der Waals surface area contributed by atoms with Gasteiger partial charge in [-0.3, -0.25) is 0 Å². The van der Waals surface area contributed by atoms with Crippen molar-refractivity contribution in [2.75, 3.05) is 7.11 Å². The number of rotatable bonds is 3. The van der Waals surface area contributed by atoms with E-state index in [9.17, 15) is 0 Å². The van der Waals surface area contributed by atoms with E-state index in [-0.39, 0.29) is 23.4 Å². The third kappa shape index (κ3) is 8.40. The minimum atomic E-state index is -0.745. The molecule has 2 atom stereocenters. The van der Waals surface area contributed by atoms with Crippen molar-refractivity contribution in [2.45, 2.75) is 26.4 Å². The van der Waals surface area contributed by atoms with Crippen molar-refractivity contribution >= 4 is 0 Å². The fourth-order valence-electron chi connectivity index (χ4n) is 0.333. The van der Waals surface area contributed by atoms with Crippen LogP contribution in [0.1, 0.15) is 13.8 Å². The normalized spacial score (nSPS) is 16.0. The van der Waals surface area contributed by atoms with E-state index in [1.165, 1.54) is 14.0 Å². The summed E-state index contributed by atoms with van der Waals surface area (Å²) in [7, 11) is 1.52. The number of methoxy groups -OCH3 is 1. The topological polar surface area (TPSA) is 38.7 Å². The predicted molar refractivity (Wildman–Crippen MR) is 29.2 cm³/mol. The fourth-order valence-corrected chi connectivity index (χ4v) is 0.333. The molecule has 1 radical (unpaired) electrons. The summed E-state index contributed by atoms with van der Waals surface area (Å²) in [6, 6.07) is 0. The van der Waals surface area contributed by atoms with Gasteiger partial charge >= 0.3 is 0 Å². The average molecular weight is 184 g/mol. The summed E-state index contributed by atoms with van der Waals surface area (Å²) in [5.41, 5.74) is 0. The maximum absolute atomic E-state index is 8.55. The minimum absolute atomic E-state index is 0. The molecule has 0 aromatic heterocycles. The van der Waals surface area contributed by atoms with Gasteiger partial charge in [0.05, 0.1) is 0 Å². The first kappa shape index (κ1) is 12.1. The van der Waals surface area contributed by atoms with Gasteiger partial charge in [-0.1, -0.05) is 0 Å². The van der Waals surface area contributed by atoms with Gasteiger partial charge in [-0.2, -0.15) is 0 Å². The van der Waals surface area contributed by atoms with Gasteiger partial charge in [0.1, 0.15) is 0 Å². The van der Waals surface area contributed by atoms with Crippen LogP contribution >= 0.6 is 0 Å². The molecular formula is C5H12CuO3. The van der Waals surface area contributed by atoms with Crippen LogP contribution in [0, 0.1) is 0 Å². The Bertz CT molecular complexity index is 58.2. The third-order valence-corrected chi connectivity index (χ3v) is 0.721. The van der Waals surface area contributed by atoms with Crippen LogP contribution < -0.4 is 0 Å². The SMILES string of the molecule is COC(C)OC(C)O.[Cu]. The van der Waals surface area contributed by atoms with Crippen LogP contribution in [0.4, 0.5) is 0 Å². The standard InChI is InChI=1S/C5H12O3.Cu/c1-4(6)8-5(2)7-3;/h4-6H,1-3H3;. The Morgan fingerprint density at radius 2 is 1.78 bits per heavy atom. The van der Waals surface area contributed by atoms with Crippen LogP contribution in [-0.4, -0.2) is 24.8 Å². The van der Waals surface area contributed by atoms with E-state index in [0.717, 1.165) is 0 Å². The molecule has 0 spiro atoms. The van der Waals surface area contributed by atoms with Gasteiger partial charge < -0.3 is 14.6 Å². The quantitative estimate of drug-likeness (QED) is 0.507. The molecule has 0 aliphatic heterocycles. The van der Waals surface area contributed by atoms with Gasteiger partial charge in [0.25, 0.3) is 0 Å². The Morgan fingerprint density at radius 1 is 1.33 bits per heavy atom. The Kier molecular flexibility index (Phi) is 8.77. The van der Waals surface area contributed by atoms with Gasteiger partial charge in [-0.25, -0.2) is 0 Å². The molecule has 0 saturated carbocycles. The van der Waals surface area contributed by atoms with Crippen molar-refractivity contribution in [3.63, 3.8) is 0 Å². The second kappa shape index (κ2) is 6.52. The van der Waals surface area contributed by atoms with E-state index in [0.29, 0.717) is 0 Å². The number of aliphatic hydroxyl groups excluding tert-OH is 1. The zero-order valence-electron chi connectivity index (χ0n) is 5.72. The van der Waals surface area contributed by atoms with Gasteiger partial charge in [-0.15, -0.1) is 0 Å². The summed E-state index contributed by atoms with van der Waals surface area (Å²) in [6.45, 7) is 3.25. The van der Waals surface area contributed by atoms with Crippen LogP contribution in [0.15, 0.2) is 0 Å². The summed E-state index contributed by atoms with van der Waals surface area (Å²) in [5, 5.41) is 8.55. The number of aliphatic hydroxyl groups is 1. The van der Waals surface area contributed by atoms with Gasteiger partial charge in [0.2, 0.25) is 0 Å². The first-order chi connectivity index (χ1) is 3.66. The summed E-state index contributed by atoms with van der Waals surface area (Å²) >= 11 is 0. The molecule has 0 aromatic carbocycles. The number of ether oxygens (including phenoxy) is 2. The van der Waals surface area contributed by atoms with E-state index in [1.807, 2.05) is 0 Å². The minimum Gasteiger partial charge on any atom is -0.368 e. The number of hydrogen-bond acceptors (Lipinski definition) is 3. The predicted octanol–water partition coefficient (Wildman–Crippen LogP) is 0.331. The van der Waals surface area contributed by atoms with Crippen LogP contribution in [-0.2, 0) is 26.5 Å². The van der Waals surface area contributed by atoms with Crippen molar-refractivity contribution in [3.05, 3.63) is 0 Å². The molecule has 0 rings (SSSR count). The third-order valence-electron chi connectivity index (χ3n) is 0.721. The van der Waals surface area contributed by atoms with E-state index in [4.69, 9.17) is 9.84 Å². The molecule has 0 saturated heterocycles. The smallest absolute Gasteiger partial charge is 0.157 e. The average Bonchev–Trinajstić information content (AvgIpc) is 1.65. The van der Waals surface area contributed by atoms with Gasteiger partial charge in [-0.05, 0) is 13.8 Å². The summed E-state index contributed by atoms with van der Waals surface area (Å²) < 4.78 is 9.41. The molecule has 1 N–H and O–H groups in total. The molecule has 0 heterocycles. The van der Waals surface area contributed by atoms with Crippen molar-refractivity contribution in [1.29, 1.82) is 0 Å². The number of hydrogen-bond donors (Lipinski definition) is 1. The molecule has 4 heteroatoms. The van der Waals surface area contributed by atoms with E-state index >= 15 is 0 Å². The molecule has 0 aliphatic carbocycles. The largest absolute Gasteiger partial charge is 0.368 e. The second-order valence-electron chi connectivity index (χ2n) is 1.54. The van der Waals surface area contributed by atoms with Crippen molar-refractivity contribution in [2.24, 2.45) is 0 Å². The summed E-state index contributed by atoms with van der Waals surface area (Å²) in [4.78, 5) is 0. The van der Waals surface area contributed by atoms with Crippen LogP contribution in [0.3, 0.4) is 0 Å². The van der Waals surface area contributed by atoms with Crippen LogP contribution in [0.2, 0.25) is 0 Å². The fraction of sp³-hybridized carbons (Fsp3) is 1.00. The van der Waals surface area contributed by atoms with Crippen LogP contribution in [0.25, 0.3) is 0 Å². The summed E-state index contributed by atoms with van der Waals surface area (Å²) in [5.74, 6) is 0. The summed E-state index contributed by atoms with van der Waals surface area (Å²) in [6.07, 6.45) is -1.07. The molecule has 3 nitrogen and oxygen atoms in total. The van der Waals surface area contributed by atoms with Gasteiger partial charge in [0, 0.05) is 24.2 Å². The Hall–Kier alpha value is 0.399. The van der Waals surface area contributed by atoms with Crippen molar-refractivity contribution in [1.82, 2.24) is 0 Å². The zero-order valence-corrected chi connectivity index (χ0v) is 6.66. The first-order valence-electron chi connectivity index (χ1n) is 2.53.